The number of nitrogens with one attached hydrogen (secondary N) is 1. The molecule has 1 aliphatic carbocycles. The van der Waals surface area contributed by atoms with Gasteiger partial charge in [0.1, 0.15) is 17.3 Å². The van der Waals surface area contributed by atoms with Crippen molar-refractivity contribution >= 4 is 46.1 Å². The second-order valence-corrected chi connectivity index (χ2v) is 13.4. The molecule has 2 unspecified atom stereocenters. The van der Waals surface area contributed by atoms with E-state index in [0.717, 1.165) is 31.0 Å². The minimum absolute atomic E-state index is 0.0406. The van der Waals surface area contributed by atoms with Crippen molar-refractivity contribution in [3.63, 3.8) is 0 Å². The number of aromatic nitrogens is 3. The van der Waals surface area contributed by atoms with Crippen LogP contribution in [0.15, 0.2) is 29.2 Å². The number of carbonyl (C=O) groups is 2. The fourth-order valence-electron chi connectivity index (χ4n) is 6.67. The molecule has 0 spiro atoms. The van der Waals surface area contributed by atoms with Crippen molar-refractivity contribution in [1.82, 2.24) is 19.4 Å². The van der Waals surface area contributed by atoms with E-state index in [-0.39, 0.29) is 51.4 Å². The normalized spacial score (nSPS) is 23.0. The first-order valence-corrected chi connectivity index (χ1v) is 15.3. The first-order chi connectivity index (χ1) is 21.0. The summed E-state index contributed by atoms with van der Waals surface area (Å²) in [5.41, 5.74) is 0.176. The Labute approximate surface area is 262 Å². The summed E-state index contributed by atoms with van der Waals surface area (Å²) in [7, 11) is 0. The zero-order valence-electron chi connectivity index (χ0n) is 25.5. The first kappa shape index (κ1) is 31.1. The van der Waals surface area contributed by atoms with Crippen LogP contribution in [-0.4, -0.2) is 62.2 Å². The zero-order valence-corrected chi connectivity index (χ0v) is 26.3. The number of piperazine rings is 1. The van der Waals surface area contributed by atoms with Crippen LogP contribution in [0.3, 0.4) is 0 Å². The summed E-state index contributed by atoms with van der Waals surface area (Å²) < 4.78 is 46.9. The molecule has 1 aromatic carbocycles. The molecule has 2 aliphatic heterocycles. The molecule has 240 valence electrons. The topological polar surface area (TPSA) is 110 Å². The molecule has 2 amide bonds. The van der Waals surface area contributed by atoms with Crippen LogP contribution >= 0.6 is 11.6 Å². The number of alkyl halides is 3. The molecule has 4 heterocycles. The second-order valence-electron chi connectivity index (χ2n) is 13.0. The Bertz CT molecular complexity index is 1770. The quantitative estimate of drug-likeness (QED) is 0.369. The molecule has 3 aliphatic rings. The number of anilines is 2. The van der Waals surface area contributed by atoms with Gasteiger partial charge in [-0.2, -0.15) is 13.2 Å². The van der Waals surface area contributed by atoms with Gasteiger partial charge in [-0.3, -0.25) is 9.59 Å². The van der Waals surface area contributed by atoms with Crippen LogP contribution in [0.4, 0.5) is 29.3 Å². The van der Waals surface area contributed by atoms with Gasteiger partial charge in [0.25, 0.3) is 0 Å². The Kier molecular flexibility index (Phi) is 7.53. The van der Waals surface area contributed by atoms with Crippen molar-refractivity contribution in [1.29, 1.82) is 0 Å². The maximum atomic E-state index is 14.2. The fourth-order valence-corrected chi connectivity index (χ4v) is 6.90. The van der Waals surface area contributed by atoms with Crippen LogP contribution < -0.4 is 15.6 Å². The fraction of sp³-hybridized carbons (Fsp3) is 0.516. The van der Waals surface area contributed by atoms with Gasteiger partial charge in [0.15, 0.2) is 11.2 Å². The van der Waals surface area contributed by atoms with E-state index in [1.54, 1.807) is 16.4 Å². The summed E-state index contributed by atoms with van der Waals surface area (Å²) in [5, 5.41) is 2.44. The molecule has 2 fully saturated rings. The van der Waals surface area contributed by atoms with Crippen LogP contribution in [0.5, 0.6) is 0 Å². The number of benzene rings is 1. The highest BCUT2D eigenvalue weighted by atomic mass is 35.5. The lowest BCUT2D eigenvalue weighted by atomic mass is 9.81. The van der Waals surface area contributed by atoms with E-state index in [1.807, 2.05) is 27.7 Å². The van der Waals surface area contributed by atoms with Crippen molar-refractivity contribution in [2.24, 2.45) is 0 Å². The Morgan fingerprint density at radius 2 is 1.82 bits per heavy atom. The van der Waals surface area contributed by atoms with Gasteiger partial charge in [-0.25, -0.2) is 14.8 Å². The molecule has 45 heavy (non-hydrogen) atoms. The van der Waals surface area contributed by atoms with Crippen LogP contribution in [-0.2, 0) is 15.7 Å². The molecular weight excluding hydrogens is 613 g/mol. The third-order valence-corrected chi connectivity index (χ3v) is 9.06. The van der Waals surface area contributed by atoms with Gasteiger partial charge in [-0.15, -0.1) is 0 Å². The van der Waals surface area contributed by atoms with Gasteiger partial charge in [0, 0.05) is 25.0 Å². The molecule has 1 saturated heterocycles. The molecule has 2 aromatic heterocycles. The van der Waals surface area contributed by atoms with Gasteiger partial charge in [0.2, 0.25) is 11.3 Å². The van der Waals surface area contributed by atoms with E-state index in [9.17, 15) is 27.6 Å². The van der Waals surface area contributed by atoms with Crippen molar-refractivity contribution in [2.45, 2.75) is 89.7 Å². The first-order valence-electron chi connectivity index (χ1n) is 14.9. The van der Waals surface area contributed by atoms with Gasteiger partial charge < -0.3 is 24.4 Å². The predicted molar refractivity (Wildman–Crippen MR) is 163 cm³/mol. The Hall–Kier alpha value is -3.87. The van der Waals surface area contributed by atoms with E-state index in [1.165, 1.54) is 6.20 Å². The highest BCUT2D eigenvalue weighted by Crippen LogP contribution is 2.45. The Morgan fingerprint density at radius 3 is 2.44 bits per heavy atom. The lowest BCUT2D eigenvalue weighted by molar-refractivity contribution is -0.137. The number of aryl methyl sites for hydroxylation is 1. The van der Waals surface area contributed by atoms with E-state index in [2.05, 4.69) is 20.2 Å². The predicted octanol–water partition coefficient (Wildman–Crippen LogP) is 6.05. The number of hydrogen-bond donors (Lipinski definition) is 1. The maximum absolute atomic E-state index is 14.2. The standard InChI is InChI=1S/C31H34ClF3N6O4/c1-15-12-22(28(43)38-19-7-6-17(13-18(19)32)31(33,34)35)41-24(15)25(26(42)23-27(41)36-14-16(2)37-23)39-10-11-40(21-9-8-20(21)39)29(44)45-30(3,4)5/h6-7,13-15,20-22H,8-12H2,1-5H3,(H,38,43)/t15?,20-,21-,22?/m0/s1. The van der Waals surface area contributed by atoms with E-state index < -0.39 is 29.3 Å². The number of amides is 2. The minimum Gasteiger partial charge on any atom is -0.444 e. The summed E-state index contributed by atoms with van der Waals surface area (Å²) in [5.74, 6) is -0.752. The number of carbonyl (C=O) groups excluding carboxylic acids is 2. The number of halogens is 4. The van der Waals surface area contributed by atoms with Crippen LogP contribution in [0.2, 0.25) is 5.02 Å². The van der Waals surface area contributed by atoms with E-state index in [0.29, 0.717) is 36.6 Å². The van der Waals surface area contributed by atoms with Crippen LogP contribution in [0, 0.1) is 6.92 Å². The van der Waals surface area contributed by atoms with Crippen LogP contribution in [0.1, 0.15) is 75.9 Å². The minimum atomic E-state index is -4.58. The number of rotatable bonds is 3. The maximum Gasteiger partial charge on any atom is 0.416 e. The molecule has 0 radical (unpaired) electrons. The van der Waals surface area contributed by atoms with Crippen molar-refractivity contribution in [3.8, 4) is 0 Å². The summed E-state index contributed by atoms with van der Waals surface area (Å²) >= 11 is 6.15. The SMILES string of the molecule is Cc1cnc2c(n1)c(=O)c(N1CCN(C(=O)OC(C)(C)C)[C@H]3CC[C@@H]31)c1n2C(C(=O)Nc2ccc(C(F)(F)F)cc2Cl)CC1C. The van der Waals surface area contributed by atoms with Gasteiger partial charge in [0.05, 0.1) is 39.9 Å². The number of pyridine rings is 1. The zero-order chi connectivity index (χ0) is 32.6. The Balaban J connectivity index is 1.39. The number of ether oxygens (including phenoxy) is 1. The number of hydrogen-bond acceptors (Lipinski definition) is 7. The number of fused-ring (bicyclic) bond motifs is 4. The summed E-state index contributed by atoms with van der Waals surface area (Å²) in [6, 6.07) is 1.66. The van der Waals surface area contributed by atoms with Gasteiger partial charge in [-0.1, -0.05) is 18.5 Å². The average molecular weight is 647 g/mol. The molecule has 0 bridgehead atoms. The highest BCUT2D eigenvalue weighted by molar-refractivity contribution is 6.33. The van der Waals surface area contributed by atoms with Crippen molar-refractivity contribution in [2.75, 3.05) is 23.3 Å². The van der Waals surface area contributed by atoms with Gasteiger partial charge >= 0.3 is 12.3 Å². The molecule has 1 N–H and O–H groups in total. The molecular formula is C31H34ClF3N6O4. The Morgan fingerprint density at radius 1 is 1.11 bits per heavy atom. The summed E-state index contributed by atoms with van der Waals surface area (Å²) in [4.78, 5) is 53.9. The second kappa shape index (κ2) is 10.9. The smallest absolute Gasteiger partial charge is 0.416 e. The van der Waals surface area contributed by atoms with Crippen molar-refractivity contribution in [3.05, 3.63) is 56.6 Å². The molecule has 4 atom stereocenters. The molecule has 6 rings (SSSR count). The summed E-state index contributed by atoms with van der Waals surface area (Å²) in [6.07, 6.45) is -1.58. The molecule has 1 saturated carbocycles. The lowest BCUT2D eigenvalue weighted by Crippen LogP contribution is -2.67. The van der Waals surface area contributed by atoms with Crippen LogP contribution in [0.25, 0.3) is 11.2 Å². The van der Waals surface area contributed by atoms with E-state index in [4.69, 9.17) is 16.3 Å². The summed E-state index contributed by atoms with van der Waals surface area (Å²) in [6.45, 7) is 9.86. The monoisotopic (exact) mass is 646 g/mol. The van der Waals surface area contributed by atoms with Gasteiger partial charge in [-0.05, 0) is 65.2 Å². The largest absolute Gasteiger partial charge is 0.444 e. The molecule has 3 aromatic rings. The van der Waals surface area contributed by atoms with Crippen molar-refractivity contribution < 1.29 is 27.5 Å². The third kappa shape index (κ3) is 5.49. The molecule has 10 nitrogen and oxygen atoms in total. The lowest BCUT2D eigenvalue weighted by Gasteiger charge is -2.54. The molecule has 14 heteroatoms. The average Bonchev–Trinajstić information content (AvgIpc) is 3.26. The third-order valence-electron chi connectivity index (χ3n) is 8.75. The van der Waals surface area contributed by atoms with E-state index >= 15 is 0 Å². The highest BCUT2D eigenvalue weighted by Gasteiger charge is 2.49. The number of nitrogens with zero attached hydrogens (tertiary/aromatic N) is 5.